The summed E-state index contributed by atoms with van der Waals surface area (Å²) in [7, 11) is 1.64. The standard InChI is InChI=1S/C19H20N4O2S/c1-12-16(10-20)19(22-13(2)21-12)26-11-18(24)23-8-4-5-14-9-15(25-3)6-7-17(14)23/h6-7,9H,4-5,8,11H2,1-3H3. The lowest BCUT2D eigenvalue weighted by atomic mass is 10.0. The maximum Gasteiger partial charge on any atom is 0.237 e. The van der Waals surface area contributed by atoms with Gasteiger partial charge in [0, 0.05) is 12.2 Å². The van der Waals surface area contributed by atoms with Crippen LogP contribution in [0.3, 0.4) is 0 Å². The molecule has 0 unspecified atom stereocenters. The summed E-state index contributed by atoms with van der Waals surface area (Å²) < 4.78 is 5.28. The first-order chi connectivity index (χ1) is 12.5. The fourth-order valence-corrected chi connectivity index (χ4v) is 4.03. The van der Waals surface area contributed by atoms with Crippen molar-refractivity contribution in [2.24, 2.45) is 0 Å². The van der Waals surface area contributed by atoms with Gasteiger partial charge in [-0.2, -0.15) is 5.26 Å². The SMILES string of the molecule is COc1ccc2c(c1)CCCN2C(=O)CSc1nc(C)nc(C)c1C#N. The predicted molar refractivity (Wildman–Crippen MR) is 101 cm³/mol. The Morgan fingerprint density at radius 1 is 1.38 bits per heavy atom. The first-order valence-corrected chi connectivity index (χ1v) is 9.37. The molecule has 1 aromatic carbocycles. The molecule has 1 aliphatic rings. The molecule has 6 nitrogen and oxygen atoms in total. The Morgan fingerprint density at radius 2 is 2.19 bits per heavy atom. The molecule has 0 bridgehead atoms. The van der Waals surface area contributed by atoms with Gasteiger partial charge in [-0.3, -0.25) is 4.79 Å². The molecule has 0 spiro atoms. The summed E-state index contributed by atoms with van der Waals surface area (Å²) >= 11 is 1.29. The van der Waals surface area contributed by atoms with Crippen molar-refractivity contribution < 1.29 is 9.53 Å². The molecule has 1 amide bonds. The second kappa shape index (κ2) is 7.75. The van der Waals surface area contributed by atoms with E-state index in [0.717, 1.165) is 29.8 Å². The minimum Gasteiger partial charge on any atom is -0.497 e. The highest BCUT2D eigenvalue weighted by molar-refractivity contribution is 8.00. The van der Waals surface area contributed by atoms with E-state index < -0.39 is 0 Å². The Hall–Kier alpha value is -2.59. The van der Waals surface area contributed by atoms with Crippen molar-refractivity contribution in [2.45, 2.75) is 31.7 Å². The summed E-state index contributed by atoms with van der Waals surface area (Å²) in [4.78, 5) is 23.2. The van der Waals surface area contributed by atoms with E-state index in [-0.39, 0.29) is 11.7 Å². The van der Waals surface area contributed by atoms with Gasteiger partial charge in [-0.25, -0.2) is 9.97 Å². The fraction of sp³-hybridized carbons (Fsp3) is 0.368. The molecule has 7 heteroatoms. The number of carbonyl (C=O) groups is 1. The number of ether oxygens (including phenoxy) is 1. The summed E-state index contributed by atoms with van der Waals surface area (Å²) in [5, 5.41) is 9.90. The molecule has 1 aromatic heterocycles. The van der Waals surface area contributed by atoms with E-state index in [4.69, 9.17) is 4.74 Å². The third-order valence-corrected chi connectivity index (χ3v) is 5.28. The van der Waals surface area contributed by atoms with Crippen LogP contribution in [0.4, 0.5) is 5.69 Å². The topological polar surface area (TPSA) is 79.1 Å². The van der Waals surface area contributed by atoms with E-state index in [1.165, 1.54) is 11.8 Å². The van der Waals surface area contributed by atoms with Gasteiger partial charge in [0.15, 0.2) is 0 Å². The number of methoxy groups -OCH3 is 1. The third kappa shape index (κ3) is 3.65. The number of nitrogens with zero attached hydrogens (tertiary/aromatic N) is 4. The van der Waals surface area contributed by atoms with Gasteiger partial charge in [-0.1, -0.05) is 11.8 Å². The average molecular weight is 368 g/mol. The molecule has 2 aromatic rings. The Labute approximate surface area is 157 Å². The number of aromatic nitrogens is 2. The van der Waals surface area contributed by atoms with Gasteiger partial charge in [0.05, 0.1) is 18.6 Å². The minimum atomic E-state index is 0.0129. The third-order valence-electron chi connectivity index (χ3n) is 4.32. The van der Waals surface area contributed by atoms with Crippen molar-refractivity contribution in [1.29, 1.82) is 5.26 Å². The van der Waals surface area contributed by atoms with Gasteiger partial charge in [0.2, 0.25) is 5.91 Å². The van der Waals surface area contributed by atoms with Crippen molar-refractivity contribution in [2.75, 3.05) is 24.3 Å². The summed E-state index contributed by atoms with van der Waals surface area (Å²) in [6, 6.07) is 7.95. The first-order valence-electron chi connectivity index (χ1n) is 8.39. The van der Waals surface area contributed by atoms with Crippen molar-refractivity contribution >= 4 is 23.4 Å². The Kier molecular flexibility index (Phi) is 5.43. The molecule has 1 aliphatic heterocycles. The number of thioether (sulfide) groups is 1. The van der Waals surface area contributed by atoms with Crippen LogP contribution < -0.4 is 9.64 Å². The monoisotopic (exact) mass is 368 g/mol. The fourth-order valence-electron chi connectivity index (χ4n) is 3.08. The van der Waals surface area contributed by atoms with E-state index in [2.05, 4.69) is 16.0 Å². The summed E-state index contributed by atoms with van der Waals surface area (Å²) in [6.07, 6.45) is 1.86. The number of nitriles is 1. The van der Waals surface area contributed by atoms with Gasteiger partial charge in [0.1, 0.15) is 28.2 Å². The lowest BCUT2D eigenvalue weighted by molar-refractivity contribution is -0.116. The molecule has 3 rings (SSSR count). The lowest BCUT2D eigenvalue weighted by Gasteiger charge is -2.29. The highest BCUT2D eigenvalue weighted by atomic mass is 32.2. The van der Waals surface area contributed by atoms with E-state index in [1.807, 2.05) is 23.1 Å². The Balaban J connectivity index is 1.78. The predicted octanol–water partition coefficient (Wildman–Crippen LogP) is 3.05. The number of fused-ring (bicyclic) bond motifs is 1. The van der Waals surface area contributed by atoms with Gasteiger partial charge in [-0.15, -0.1) is 0 Å². The average Bonchev–Trinajstić information content (AvgIpc) is 2.64. The number of hydrogen-bond acceptors (Lipinski definition) is 6. The molecule has 0 N–H and O–H groups in total. The van der Waals surface area contributed by atoms with Crippen LogP contribution in [0.15, 0.2) is 23.2 Å². The second-order valence-electron chi connectivity index (χ2n) is 6.08. The zero-order valence-corrected chi connectivity index (χ0v) is 15.9. The van der Waals surface area contributed by atoms with E-state index in [1.54, 1.807) is 21.0 Å². The van der Waals surface area contributed by atoms with Crippen LogP contribution in [-0.4, -0.2) is 35.3 Å². The van der Waals surface area contributed by atoms with Gasteiger partial charge >= 0.3 is 0 Å². The molecule has 0 atom stereocenters. The van der Waals surface area contributed by atoms with Gasteiger partial charge in [-0.05, 0) is 50.5 Å². The van der Waals surface area contributed by atoms with Crippen molar-refractivity contribution in [1.82, 2.24) is 9.97 Å². The number of carbonyl (C=O) groups excluding carboxylic acids is 1. The number of hydrogen-bond donors (Lipinski definition) is 0. The molecule has 0 fully saturated rings. The van der Waals surface area contributed by atoms with Crippen LogP contribution in [0.1, 0.15) is 29.1 Å². The maximum absolute atomic E-state index is 12.8. The second-order valence-corrected chi connectivity index (χ2v) is 7.04. The molecule has 0 aliphatic carbocycles. The highest BCUT2D eigenvalue weighted by Gasteiger charge is 2.23. The number of benzene rings is 1. The van der Waals surface area contributed by atoms with Crippen molar-refractivity contribution in [3.05, 3.63) is 40.8 Å². The molecule has 0 saturated heterocycles. The van der Waals surface area contributed by atoms with Crippen molar-refractivity contribution in [3.8, 4) is 11.8 Å². The largest absolute Gasteiger partial charge is 0.497 e. The zero-order chi connectivity index (χ0) is 18.7. The maximum atomic E-state index is 12.8. The Bertz CT molecular complexity index is 892. The number of anilines is 1. The molecule has 0 saturated carbocycles. The zero-order valence-electron chi connectivity index (χ0n) is 15.1. The molecule has 2 heterocycles. The van der Waals surface area contributed by atoms with Crippen molar-refractivity contribution in [3.63, 3.8) is 0 Å². The minimum absolute atomic E-state index is 0.0129. The van der Waals surface area contributed by atoms with Gasteiger partial charge < -0.3 is 9.64 Å². The quantitative estimate of drug-likeness (QED) is 0.610. The van der Waals surface area contributed by atoms with E-state index in [9.17, 15) is 10.1 Å². The number of amides is 1. The molecular weight excluding hydrogens is 348 g/mol. The summed E-state index contributed by atoms with van der Waals surface area (Å²) in [6.45, 7) is 4.27. The van der Waals surface area contributed by atoms with E-state index >= 15 is 0 Å². The smallest absolute Gasteiger partial charge is 0.237 e. The number of aryl methyl sites for hydroxylation is 3. The van der Waals surface area contributed by atoms with E-state index in [0.29, 0.717) is 28.7 Å². The normalized spacial score (nSPS) is 13.1. The molecular formula is C19H20N4O2S. The van der Waals surface area contributed by atoms with Crippen LogP contribution in [0.2, 0.25) is 0 Å². The van der Waals surface area contributed by atoms with Crippen LogP contribution >= 0.6 is 11.8 Å². The Morgan fingerprint density at radius 3 is 2.92 bits per heavy atom. The first kappa shape index (κ1) is 18.2. The van der Waals surface area contributed by atoms with Crippen LogP contribution in [0, 0.1) is 25.2 Å². The lowest BCUT2D eigenvalue weighted by Crippen LogP contribution is -2.36. The van der Waals surface area contributed by atoms with Crippen LogP contribution in [-0.2, 0) is 11.2 Å². The molecule has 0 radical (unpaired) electrons. The molecule has 134 valence electrons. The van der Waals surface area contributed by atoms with Gasteiger partial charge in [0.25, 0.3) is 0 Å². The number of rotatable bonds is 4. The van der Waals surface area contributed by atoms with Crippen LogP contribution in [0.25, 0.3) is 0 Å². The molecule has 26 heavy (non-hydrogen) atoms. The van der Waals surface area contributed by atoms with Crippen LogP contribution in [0.5, 0.6) is 5.75 Å². The highest BCUT2D eigenvalue weighted by Crippen LogP contribution is 2.31. The summed E-state index contributed by atoms with van der Waals surface area (Å²) in [5.74, 6) is 1.65. The summed E-state index contributed by atoms with van der Waals surface area (Å²) in [5.41, 5.74) is 3.15.